The monoisotopic (exact) mass is 609 g/mol. The van der Waals surface area contributed by atoms with Gasteiger partial charge < -0.3 is 14.8 Å². The molecule has 0 unspecified atom stereocenters. The van der Waals surface area contributed by atoms with Crippen LogP contribution in [-0.4, -0.2) is 95.4 Å². The number of sulfonamides is 1. The molecule has 1 fully saturated rings. The molecule has 1 saturated heterocycles. The average Bonchev–Trinajstić information content (AvgIpc) is 3.37. The lowest BCUT2D eigenvalue weighted by atomic mass is 10.2. The number of benzene rings is 1. The highest BCUT2D eigenvalue weighted by Gasteiger charge is 2.21. The highest BCUT2D eigenvalue weighted by Crippen LogP contribution is 2.22. The second-order valence-corrected chi connectivity index (χ2v) is 12.9. The van der Waals surface area contributed by atoms with Gasteiger partial charge in [0.15, 0.2) is 5.65 Å². The van der Waals surface area contributed by atoms with E-state index in [0.29, 0.717) is 55.1 Å². The number of morpholine rings is 1. The summed E-state index contributed by atoms with van der Waals surface area (Å²) in [5.41, 5.74) is 1.88. The van der Waals surface area contributed by atoms with Gasteiger partial charge >= 0.3 is 6.09 Å². The number of nitrogens with zero attached hydrogens (tertiary/aromatic N) is 7. The molecule has 15 heteroatoms. The van der Waals surface area contributed by atoms with Crippen molar-refractivity contribution in [3.8, 4) is 5.69 Å². The molecule has 1 aliphatic heterocycles. The lowest BCUT2D eigenvalue weighted by Crippen LogP contribution is -2.43. The van der Waals surface area contributed by atoms with Gasteiger partial charge in [-0.1, -0.05) is 0 Å². The van der Waals surface area contributed by atoms with Crippen LogP contribution in [0.1, 0.15) is 20.8 Å². The van der Waals surface area contributed by atoms with Crippen LogP contribution in [0.15, 0.2) is 55.0 Å². The summed E-state index contributed by atoms with van der Waals surface area (Å²) in [7, 11) is -3.52. The maximum Gasteiger partial charge on any atom is 0.412 e. The van der Waals surface area contributed by atoms with Gasteiger partial charge in [0.1, 0.15) is 11.4 Å². The zero-order chi connectivity index (χ0) is 30.6. The van der Waals surface area contributed by atoms with Gasteiger partial charge in [0.25, 0.3) is 0 Å². The molecular weight excluding hydrogens is 574 g/mol. The molecule has 4 aromatic rings. The number of hydrogen-bond acceptors (Lipinski definition) is 11. The summed E-state index contributed by atoms with van der Waals surface area (Å²) in [4.78, 5) is 27.7. The Balaban J connectivity index is 1.28. The third-order valence-electron chi connectivity index (χ3n) is 6.45. The number of nitrogens with one attached hydrogen (secondary N) is 2. The summed E-state index contributed by atoms with van der Waals surface area (Å²) in [6.45, 7) is 9.12. The number of fused-ring (bicyclic) bond motifs is 1. The highest BCUT2D eigenvalue weighted by atomic mass is 32.2. The van der Waals surface area contributed by atoms with Gasteiger partial charge in [-0.05, 0) is 57.2 Å². The van der Waals surface area contributed by atoms with Crippen LogP contribution < -0.4 is 14.9 Å². The molecule has 43 heavy (non-hydrogen) atoms. The second-order valence-electron chi connectivity index (χ2n) is 11.0. The summed E-state index contributed by atoms with van der Waals surface area (Å²) in [5.74, 6) is 0.652. The van der Waals surface area contributed by atoms with Crippen molar-refractivity contribution in [2.45, 2.75) is 26.4 Å². The second kappa shape index (κ2) is 12.5. The topological polar surface area (TPSA) is 157 Å². The molecule has 0 atom stereocenters. The lowest BCUT2D eigenvalue weighted by Gasteiger charge is -2.29. The number of anilines is 4. The fourth-order valence-electron chi connectivity index (χ4n) is 4.42. The molecule has 0 aliphatic carbocycles. The fourth-order valence-corrected chi connectivity index (χ4v) is 5.28. The van der Waals surface area contributed by atoms with E-state index in [1.165, 1.54) is 10.6 Å². The van der Waals surface area contributed by atoms with Crippen molar-refractivity contribution in [1.29, 1.82) is 0 Å². The average molecular weight is 610 g/mol. The highest BCUT2D eigenvalue weighted by molar-refractivity contribution is 7.92. The molecule has 1 aromatic carbocycles. The Hall–Kier alpha value is -4.34. The van der Waals surface area contributed by atoms with E-state index in [-0.39, 0.29) is 0 Å². The number of rotatable bonds is 9. The maximum absolute atomic E-state index is 12.5. The summed E-state index contributed by atoms with van der Waals surface area (Å²) in [5, 5.41) is 11.0. The molecule has 0 saturated carbocycles. The van der Waals surface area contributed by atoms with Crippen molar-refractivity contribution in [2.24, 2.45) is 0 Å². The Labute approximate surface area is 250 Å². The Kier molecular flexibility index (Phi) is 8.75. The van der Waals surface area contributed by atoms with Gasteiger partial charge in [-0.3, -0.25) is 14.5 Å². The molecule has 0 bridgehead atoms. The standard InChI is InChI=1S/C28H35N9O5S/c1-28(2,3)42-27(38)33-21-5-8-23(9-6-21)37-25-20(18-31-37)17-30-26(34-25)32-22-7-10-24(29-19-22)36(43(4,39)40)12-11-35-13-15-41-16-14-35/h5-10,17-19H,11-16H2,1-4H3,(H,33,38)(H,30,32,34). The van der Waals surface area contributed by atoms with Crippen LogP contribution in [-0.2, 0) is 19.5 Å². The summed E-state index contributed by atoms with van der Waals surface area (Å²) in [6, 6.07) is 10.5. The first kappa shape index (κ1) is 30.1. The van der Waals surface area contributed by atoms with E-state index in [4.69, 9.17) is 9.47 Å². The maximum atomic E-state index is 12.5. The van der Waals surface area contributed by atoms with E-state index >= 15 is 0 Å². The number of carbonyl (C=O) groups is 1. The van der Waals surface area contributed by atoms with Crippen molar-refractivity contribution in [3.63, 3.8) is 0 Å². The molecule has 0 radical (unpaired) electrons. The molecular formula is C28H35N9O5S. The first-order chi connectivity index (χ1) is 20.4. The minimum absolute atomic E-state index is 0.292. The third-order valence-corrected chi connectivity index (χ3v) is 7.62. The summed E-state index contributed by atoms with van der Waals surface area (Å²) >= 11 is 0. The van der Waals surface area contributed by atoms with Crippen LogP contribution in [0.25, 0.3) is 16.7 Å². The number of amides is 1. The van der Waals surface area contributed by atoms with E-state index in [2.05, 4.69) is 35.6 Å². The number of aromatic nitrogens is 5. The molecule has 2 N–H and O–H groups in total. The number of carbonyl (C=O) groups excluding carboxylic acids is 1. The molecule has 1 aliphatic rings. The predicted molar refractivity (Wildman–Crippen MR) is 163 cm³/mol. The smallest absolute Gasteiger partial charge is 0.412 e. The Bertz CT molecular complexity index is 1660. The number of hydrogen-bond donors (Lipinski definition) is 2. The molecule has 14 nitrogen and oxygen atoms in total. The zero-order valence-electron chi connectivity index (χ0n) is 24.5. The van der Waals surface area contributed by atoms with Crippen molar-refractivity contribution in [2.75, 3.05) is 60.6 Å². The van der Waals surface area contributed by atoms with Crippen LogP contribution in [0.4, 0.5) is 27.9 Å². The molecule has 228 valence electrons. The van der Waals surface area contributed by atoms with Crippen molar-refractivity contribution in [3.05, 3.63) is 55.0 Å². The number of pyridine rings is 1. The van der Waals surface area contributed by atoms with Gasteiger partial charge in [-0.25, -0.2) is 27.9 Å². The third kappa shape index (κ3) is 7.94. The van der Waals surface area contributed by atoms with Crippen LogP contribution in [0.2, 0.25) is 0 Å². The van der Waals surface area contributed by atoms with Gasteiger partial charge in [0, 0.05) is 38.1 Å². The minimum Gasteiger partial charge on any atom is -0.444 e. The van der Waals surface area contributed by atoms with Crippen molar-refractivity contribution < 1.29 is 22.7 Å². The molecule has 5 rings (SSSR count). The van der Waals surface area contributed by atoms with Crippen molar-refractivity contribution >= 4 is 50.3 Å². The summed E-state index contributed by atoms with van der Waals surface area (Å²) < 4.78 is 38.7. The molecule has 4 heterocycles. The van der Waals surface area contributed by atoms with Gasteiger partial charge in [0.05, 0.1) is 48.6 Å². The van der Waals surface area contributed by atoms with E-state index in [0.717, 1.165) is 24.2 Å². The van der Waals surface area contributed by atoms with Crippen LogP contribution in [0, 0.1) is 0 Å². The van der Waals surface area contributed by atoms with Crippen LogP contribution in [0.5, 0.6) is 0 Å². The van der Waals surface area contributed by atoms with Crippen LogP contribution >= 0.6 is 0 Å². The van der Waals surface area contributed by atoms with Gasteiger partial charge in [0.2, 0.25) is 16.0 Å². The lowest BCUT2D eigenvalue weighted by molar-refractivity contribution is 0.0395. The fraction of sp³-hybridized carbons (Fsp3) is 0.393. The Morgan fingerprint density at radius 1 is 1.02 bits per heavy atom. The summed E-state index contributed by atoms with van der Waals surface area (Å²) in [6.07, 6.45) is 5.51. The van der Waals surface area contributed by atoms with E-state index in [9.17, 15) is 13.2 Å². The van der Waals surface area contributed by atoms with E-state index < -0.39 is 21.7 Å². The Morgan fingerprint density at radius 2 is 1.74 bits per heavy atom. The normalized spacial score (nSPS) is 14.4. The minimum atomic E-state index is -3.52. The molecule has 3 aromatic heterocycles. The van der Waals surface area contributed by atoms with Gasteiger partial charge in [-0.15, -0.1) is 0 Å². The first-order valence-corrected chi connectivity index (χ1v) is 15.6. The first-order valence-electron chi connectivity index (χ1n) is 13.8. The van der Waals surface area contributed by atoms with Crippen LogP contribution in [0.3, 0.4) is 0 Å². The molecule has 0 spiro atoms. The van der Waals surface area contributed by atoms with Gasteiger partial charge in [-0.2, -0.15) is 10.1 Å². The van der Waals surface area contributed by atoms with E-state index in [1.807, 2.05) is 12.1 Å². The quantitative estimate of drug-likeness (QED) is 0.287. The SMILES string of the molecule is CC(C)(C)OC(=O)Nc1ccc(-n2ncc3cnc(Nc4ccc(N(CCN5CCOCC5)S(C)(=O)=O)nc4)nc32)cc1. The Morgan fingerprint density at radius 3 is 2.40 bits per heavy atom. The molecule has 1 amide bonds. The number of ether oxygens (including phenoxy) is 2. The predicted octanol–water partition coefficient (Wildman–Crippen LogP) is 3.40. The largest absolute Gasteiger partial charge is 0.444 e. The van der Waals surface area contributed by atoms with Crippen molar-refractivity contribution in [1.82, 2.24) is 29.6 Å². The zero-order valence-corrected chi connectivity index (χ0v) is 25.3. The van der Waals surface area contributed by atoms with E-state index in [1.54, 1.807) is 68.3 Å².